The fourth-order valence-corrected chi connectivity index (χ4v) is 4.00. The second-order valence-electron chi connectivity index (χ2n) is 7.30. The summed E-state index contributed by atoms with van der Waals surface area (Å²) in [6, 6.07) is 4.45. The summed E-state index contributed by atoms with van der Waals surface area (Å²) < 4.78 is 13.7. The average Bonchev–Trinajstić information content (AvgIpc) is 3.15. The molecular formula is C21H25N3O2. The smallest absolute Gasteiger partial charge is 0.242 e. The molecule has 1 aromatic carbocycles. The maximum Gasteiger partial charge on any atom is 0.242 e. The predicted octanol–water partition coefficient (Wildman–Crippen LogP) is 4.04. The van der Waals surface area contributed by atoms with Crippen LogP contribution in [0.5, 0.6) is 5.88 Å². The van der Waals surface area contributed by atoms with E-state index in [0.29, 0.717) is 12.5 Å². The van der Waals surface area contributed by atoms with E-state index < -0.39 is 0 Å². The van der Waals surface area contributed by atoms with E-state index in [4.69, 9.17) is 14.5 Å². The normalized spacial score (nSPS) is 17.2. The third-order valence-corrected chi connectivity index (χ3v) is 5.01. The number of ether oxygens (including phenoxy) is 2. The molecular weight excluding hydrogens is 326 g/mol. The number of benzene rings is 1. The van der Waals surface area contributed by atoms with Gasteiger partial charge in [0, 0.05) is 25.2 Å². The summed E-state index contributed by atoms with van der Waals surface area (Å²) in [6.45, 7) is 9.75. The van der Waals surface area contributed by atoms with E-state index >= 15 is 0 Å². The Morgan fingerprint density at radius 1 is 1.12 bits per heavy atom. The van der Waals surface area contributed by atoms with Gasteiger partial charge in [0.25, 0.3) is 0 Å². The molecule has 1 saturated heterocycles. The topological polar surface area (TPSA) is 49.2 Å². The zero-order valence-corrected chi connectivity index (χ0v) is 16.1. The third kappa shape index (κ3) is 2.86. The van der Waals surface area contributed by atoms with E-state index in [9.17, 15) is 0 Å². The third-order valence-electron chi connectivity index (χ3n) is 5.01. The molecule has 0 spiro atoms. The van der Waals surface area contributed by atoms with Gasteiger partial charge in [-0.3, -0.25) is 0 Å². The lowest BCUT2D eigenvalue weighted by Crippen LogP contribution is -2.17. The van der Waals surface area contributed by atoms with Crippen LogP contribution in [0.15, 0.2) is 18.3 Å². The van der Waals surface area contributed by atoms with Crippen molar-refractivity contribution < 1.29 is 9.47 Å². The number of aryl methyl sites for hydroxylation is 5. The zero-order valence-electron chi connectivity index (χ0n) is 16.1. The standard InChI is InChI=1S/C21H25N3O2/c1-12-8-13(2)18(14(3)9-12)17-10-24(5)20-19(17)22-15(4)23-21(20)26-16-6-7-25-11-16/h8-10,16H,6-7,11H2,1-5H3/t16-/m0/s1. The van der Waals surface area contributed by atoms with Crippen molar-refractivity contribution in [3.8, 4) is 17.0 Å². The van der Waals surface area contributed by atoms with Gasteiger partial charge in [0.05, 0.1) is 13.2 Å². The number of hydrogen-bond donors (Lipinski definition) is 0. The first-order chi connectivity index (χ1) is 12.4. The van der Waals surface area contributed by atoms with Crippen LogP contribution in [-0.4, -0.2) is 33.9 Å². The van der Waals surface area contributed by atoms with Crippen LogP contribution < -0.4 is 4.74 Å². The molecule has 0 saturated carbocycles. The number of fused-ring (bicyclic) bond motifs is 1. The maximum absolute atomic E-state index is 6.18. The molecule has 1 aliphatic rings. The van der Waals surface area contributed by atoms with Crippen LogP contribution in [0.2, 0.25) is 0 Å². The van der Waals surface area contributed by atoms with E-state index in [1.165, 1.54) is 22.3 Å². The molecule has 0 radical (unpaired) electrons. The number of nitrogens with zero attached hydrogens (tertiary/aromatic N) is 3. The molecule has 5 heteroatoms. The molecule has 1 atom stereocenters. The molecule has 0 bridgehead atoms. The molecule has 136 valence electrons. The van der Waals surface area contributed by atoms with Crippen molar-refractivity contribution >= 4 is 11.0 Å². The van der Waals surface area contributed by atoms with Crippen LogP contribution in [0.25, 0.3) is 22.2 Å². The lowest BCUT2D eigenvalue weighted by Gasteiger charge is -2.13. The minimum atomic E-state index is 0.0636. The molecule has 3 heterocycles. The Bertz CT molecular complexity index is 962. The van der Waals surface area contributed by atoms with Crippen LogP contribution in [0, 0.1) is 27.7 Å². The van der Waals surface area contributed by atoms with Gasteiger partial charge in [-0.05, 0) is 44.4 Å². The van der Waals surface area contributed by atoms with Crippen molar-refractivity contribution in [2.24, 2.45) is 7.05 Å². The summed E-state index contributed by atoms with van der Waals surface area (Å²) in [5.74, 6) is 1.38. The SMILES string of the molecule is Cc1cc(C)c(-c2cn(C)c3c(O[C@H]4CCOC4)nc(C)nc23)c(C)c1. The lowest BCUT2D eigenvalue weighted by molar-refractivity contribution is 0.139. The van der Waals surface area contributed by atoms with Gasteiger partial charge in [-0.2, -0.15) is 4.98 Å². The number of aromatic nitrogens is 3. The first-order valence-electron chi connectivity index (χ1n) is 9.10. The Balaban J connectivity index is 1.92. The van der Waals surface area contributed by atoms with Gasteiger partial charge in [-0.1, -0.05) is 17.7 Å². The molecule has 0 N–H and O–H groups in total. The summed E-state index contributed by atoms with van der Waals surface area (Å²) in [7, 11) is 2.03. The first kappa shape index (κ1) is 17.0. The highest BCUT2D eigenvalue weighted by atomic mass is 16.5. The van der Waals surface area contributed by atoms with Crippen LogP contribution >= 0.6 is 0 Å². The van der Waals surface area contributed by atoms with Crippen molar-refractivity contribution in [3.63, 3.8) is 0 Å². The number of hydrogen-bond acceptors (Lipinski definition) is 4. The highest BCUT2D eigenvalue weighted by Crippen LogP contribution is 2.37. The lowest BCUT2D eigenvalue weighted by atomic mass is 9.95. The molecule has 5 nitrogen and oxygen atoms in total. The monoisotopic (exact) mass is 351 g/mol. The Kier molecular flexibility index (Phi) is 4.19. The molecule has 1 fully saturated rings. The quantitative estimate of drug-likeness (QED) is 0.715. The molecule has 2 aromatic heterocycles. The van der Waals surface area contributed by atoms with Gasteiger partial charge in [-0.25, -0.2) is 4.98 Å². The molecule has 26 heavy (non-hydrogen) atoms. The highest BCUT2D eigenvalue weighted by molar-refractivity contribution is 5.97. The maximum atomic E-state index is 6.18. The van der Waals surface area contributed by atoms with Crippen LogP contribution in [0.3, 0.4) is 0 Å². The van der Waals surface area contributed by atoms with Crippen LogP contribution in [-0.2, 0) is 11.8 Å². The predicted molar refractivity (Wildman–Crippen MR) is 103 cm³/mol. The highest BCUT2D eigenvalue weighted by Gasteiger charge is 2.23. The summed E-state index contributed by atoms with van der Waals surface area (Å²) >= 11 is 0. The van der Waals surface area contributed by atoms with E-state index in [-0.39, 0.29) is 6.10 Å². The van der Waals surface area contributed by atoms with Gasteiger partial charge in [0.1, 0.15) is 23.0 Å². The fraction of sp³-hybridized carbons (Fsp3) is 0.429. The van der Waals surface area contributed by atoms with Crippen LogP contribution in [0.4, 0.5) is 0 Å². The van der Waals surface area contributed by atoms with E-state index in [1.807, 2.05) is 14.0 Å². The molecule has 0 aliphatic carbocycles. The molecule has 0 unspecified atom stereocenters. The van der Waals surface area contributed by atoms with Crippen LogP contribution in [0.1, 0.15) is 28.9 Å². The van der Waals surface area contributed by atoms with Gasteiger partial charge in [0.15, 0.2) is 0 Å². The van der Waals surface area contributed by atoms with Crippen molar-refractivity contribution in [2.45, 2.75) is 40.2 Å². The van der Waals surface area contributed by atoms with E-state index in [0.717, 1.165) is 35.4 Å². The molecule has 4 rings (SSSR count). The van der Waals surface area contributed by atoms with Crippen molar-refractivity contribution in [1.29, 1.82) is 0 Å². The summed E-state index contributed by atoms with van der Waals surface area (Å²) in [4.78, 5) is 9.35. The minimum absolute atomic E-state index is 0.0636. The Morgan fingerprint density at radius 2 is 1.85 bits per heavy atom. The molecule has 3 aromatic rings. The Hall–Kier alpha value is -2.40. The zero-order chi connectivity index (χ0) is 18.4. The molecule has 1 aliphatic heterocycles. The fourth-order valence-electron chi connectivity index (χ4n) is 4.00. The van der Waals surface area contributed by atoms with Gasteiger partial charge in [0.2, 0.25) is 5.88 Å². The van der Waals surface area contributed by atoms with Gasteiger partial charge in [-0.15, -0.1) is 0 Å². The van der Waals surface area contributed by atoms with Crippen molar-refractivity contribution in [3.05, 3.63) is 40.8 Å². The second kappa shape index (κ2) is 6.40. The van der Waals surface area contributed by atoms with Gasteiger partial charge >= 0.3 is 0 Å². The average molecular weight is 351 g/mol. The van der Waals surface area contributed by atoms with E-state index in [2.05, 4.69) is 48.7 Å². The summed E-state index contributed by atoms with van der Waals surface area (Å²) in [5.41, 5.74) is 8.07. The Labute approximate surface area is 154 Å². The van der Waals surface area contributed by atoms with Crippen molar-refractivity contribution in [2.75, 3.05) is 13.2 Å². The second-order valence-corrected chi connectivity index (χ2v) is 7.30. The summed E-state index contributed by atoms with van der Waals surface area (Å²) in [5, 5.41) is 0. The first-order valence-corrected chi connectivity index (χ1v) is 9.10. The van der Waals surface area contributed by atoms with Crippen molar-refractivity contribution in [1.82, 2.24) is 14.5 Å². The van der Waals surface area contributed by atoms with E-state index in [1.54, 1.807) is 0 Å². The molecule has 0 amide bonds. The summed E-state index contributed by atoms with van der Waals surface area (Å²) in [6.07, 6.45) is 3.10. The number of rotatable bonds is 3. The minimum Gasteiger partial charge on any atom is -0.470 e. The largest absolute Gasteiger partial charge is 0.470 e. The Morgan fingerprint density at radius 3 is 2.50 bits per heavy atom. The van der Waals surface area contributed by atoms with Gasteiger partial charge < -0.3 is 14.0 Å².